The second-order valence-corrected chi connectivity index (χ2v) is 8.03. The molecular weight excluding hydrogens is 356 g/mol. The fraction of sp³-hybridized carbons (Fsp3) is 0.636. The van der Waals surface area contributed by atoms with Crippen molar-refractivity contribution in [1.29, 1.82) is 0 Å². The highest BCUT2D eigenvalue weighted by atomic mass is 19.3. The molecule has 0 amide bonds. The van der Waals surface area contributed by atoms with Crippen LogP contribution in [0.1, 0.15) is 58.3 Å². The van der Waals surface area contributed by atoms with E-state index in [1.54, 1.807) is 0 Å². The molecule has 0 aliphatic heterocycles. The molecule has 1 fully saturated rings. The molecule has 0 N–H and O–H groups in total. The van der Waals surface area contributed by atoms with Crippen LogP contribution in [0, 0.1) is 35.3 Å². The van der Waals surface area contributed by atoms with E-state index in [0.717, 1.165) is 31.4 Å². The third kappa shape index (κ3) is 5.05. The SMILES string of the molecule is CCCC1C=CC(C2CCC(C(F)(F)Oc3ccc(F)c(F)c3)CC2)CC1. The standard InChI is InChI=1S/C22H28F4O/c1-2-3-15-4-6-16(7-5-15)17-8-10-18(11-9-17)22(25,26)27-19-12-13-20(23)21(24)14-19/h4,6,12-18H,2-3,5,7-11H2,1H3. The lowest BCUT2D eigenvalue weighted by Gasteiger charge is -2.37. The Morgan fingerprint density at radius 3 is 2.30 bits per heavy atom. The molecule has 2 aliphatic carbocycles. The van der Waals surface area contributed by atoms with Gasteiger partial charge in [0.15, 0.2) is 11.6 Å². The van der Waals surface area contributed by atoms with E-state index in [9.17, 15) is 17.6 Å². The summed E-state index contributed by atoms with van der Waals surface area (Å²) in [4.78, 5) is 0. The summed E-state index contributed by atoms with van der Waals surface area (Å²) in [6.45, 7) is 2.20. The molecule has 150 valence electrons. The van der Waals surface area contributed by atoms with Crippen LogP contribution >= 0.6 is 0 Å². The Morgan fingerprint density at radius 1 is 0.963 bits per heavy atom. The van der Waals surface area contributed by atoms with Crippen molar-refractivity contribution in [2.24, 2.45) is 23.7 Å². The number of hydrogen-bond acceptors (Lipinski definition) is 1. The lowest BCUT2D eigenvalue weighted by molar-refractivity contribution is -0.224. The number of rotatable bonds is 6. The van der Waals surface area contributed by atoms with Crippen LogP contribution in [0.3, 0.4) is 0 Å². The normalized spacial score (nSPS) is 28.9. The molecule has 1 saturated carbocycles. The average Bonchev–Trinajstić information content (AvgIpc) is 2.66. The molecule has 0 saturated heterocycles. The maximum absolute atomic E-state index is 14.5. The third-order valence-corrected chi connectivity index (χ3v) is 6.16. The highest BCUT2D eigenvalue weighted by Gasteiger charge is 2.44. The van der Waals surface area contributed by atoms with Gasteiger partial charge in [-0.2, -0.15) is 8.78 Å². The van der Waals surface area contributed by atoms with E-state index in [4.69, 9.17) is 4.74 Å². The molecule has 2 unspecified atom stereocenters. The quantitative estimate of drug-likeness (QED) is 0.375. The summed E-state index contributed by atoms with van der Waals surface area (Å²) in [6.07, 6.45) is 8.33. The predicted molar refractivity (Wildman–Crippen MR) is 97.6 cm³/mol. The Morgan fingerprint density at radius 2 is 1.70 bits per heavy atom. The van der Waals surface area contributed by atoms with Crippen LogP contribution in [-0.4, -0.2) is 6.11 Å². The van der Waals surface area contributed by atoms with Gasteiger partial charge in [-0.05, 0) is 74.8 Å². The highest BCUT2D eigenvalue weighted by molar-refractivity contribution is 5.24. The number of hydrogen-bond donors (Lipinski definition) is 0. The monoisotopic (exact) mass is 384 g/mol. The number of ether oxygens (including phenoxy) is 1. The van der Waals surface area contributed by atoms with Gasteiger partial charge in [0.05, 0.1) is 5.92 Å². The zero-order chi connectivity index (χ0) is 19.4. The molecule has 1 nitrogen and oxygen atoms in total. The van der Waals surface area contributed by atoms with Gasteiger partial charge in [0.1, 0.15) is 5.75 Å². The summed E-state index contributed by atoms with van der Waals surface area (Å²) in [6, 6.07) is 2.52. The Bertz CT molecular complexity index is 650. The zero-order valence-electron chi connectivity index (χ0n) is 15.8. The Hall–Kier alpha value is -1.52. The minimum atomic E-state index is -3.37. The van der Waals surface area contributed by atoms with Crippen molar-refractivity contribution < 1.29 is 22.3 Å². The Kier molecular flexibility index (Phi) is 6.48. The number of halogens is 4. The smallest absolute Gasteiger partial charge is 0.400 e. The first-order chi connectivity index (χ1) is 12.9. The predicted octanol–water partition coefficient (Wildman–Crippen LogP) is 7.13. The van der Waals surface area contributed by atoms with Crippen molar-refractivity contribution in [1.82, 2.24) is 0 Å². The van der Waals surface area contributed by atoms with E-state index in [-0.39, 0.29) is 5.75 Å². The summed E-state index contributed by atoms with van der Waals surface area (Å²) in [5.41, 5.74) is 0. The van der Waals surface area contributed by atoms with Gasteiger partial charge < -0.3 is 4.74 Å². The van der Waals surface area contributed by atoms with Crippen LogP contribution in [0.25, 0.3) is 0 Å². The Labute approximate surface area is 158 Å². The van der Waals surface area contributed by atoms with Crippen molar-refractivity contribution in [3.63, 3.8) is 0 Å². The first kappa shape index (κ1) is 20.2. The molecule has 3 rings (SSSR count). The van der Waals surface area contributed by atoms with Crippen LogP contribution in [0.2, 0.25) is 0 Å². The molecule has 2 atom stereocenters. The first-order valence-corrected chi connectivity index (χ1v) is 10.1. The molecule has 2 aliphatic rings. The van der Waals surface area contributed by atoms with Crippen LogP contribution in [0.15, 0.2) is 30.4 Å². The number of allylic oxidation sites excluding steroid dienone is 2. The van der Waals surface area contributed by atoms with Gasteiger partial charge in [-0.1, -0.05) is 25.5 Å². The van der Waals surface area contributed by atoms with Crippen molar-refractivity contribution in [2.45, 2.75) is 64.4 Å². The van der Waals surface area contributed by atoms with Gasteiger partial charge in [-0.25, -0.2) is 8.78 Å². The molecule has 27 heavy (non-hydrogen) atoms. The van der Waals surface area contributed by atoms with E-state index in [2.05, 4.69) is 19.1 Å². The van der Waals surface area contributed by atoms with Crippen molar-refractivity contribution in [2.75, 3.05) is 0 Å². The third-order valence-electron chi connectivity index (χ3n) is 6.16. The van der Waals surface area contributed by atoms with E-state index in [1.165, 1.54) is 19.3 Å². The lowest BCUT2D eigenvalue weighted by Crippen LogP contribution is -2.38. The summed E-state index contributed by atoms with van der Waals surface area (Å²) < 4.78 is 59.9. The van der Waals surface area contributed by atoms with Gasteiger partial charge in [0.25, 0.3) is 0 Å². The second-order valence-electron chi connectivity index (χ2n) is 8.03. The summed E-state index contributed by atoms with van der Waals surface area (Å²) in [7, 11) is 0. The van der Waals surface area contributed by atoms with Gasteiger partial charge in [-0.3, -0.25) is 0 Å². The molecule has 0 heterocycles. The van der Waals surface area contributed by atoms with Crippen LogP contribution in [0.4, 0.5) is 17.6 Å². The number of alkyl halides is 2. The van der Waals surface area contributed by atoms with E-state index in [0.29, 0.717) is 36.7 Å². The minimum Gasteiger partial charge on any atom is -0.432 e. The first-order valence-electron chi connectivity index (χ1n) is 10.1. The second kappa shape index (κ2) is 8.66. The van der Waals surface area contributed by atoms with Crippen molar-refractivity contribution >= 4 is 0 Å². The number of benzene rings is 1. The molecule has 5 heteroatoms. The topological polar surface area (TPSA) is 9.23 Å². The van der Waals surface area contributed by atoms with E-state index >= 15 is 0 Å². The van der Waals surface area contributed by atoms with Gasteiger partial charge >= 0.3 is 6.11 Å². The summed E-state index contributed by atoms with van der Waals surface area (Å²) in [5.74, 6) is -1.85. The van der Waals surface area contributed by atoms with Crippen LogP contribution in [-0.2, 0) is 0 Å². The van der Waals surface area contributed by atoms with Gasteiger partial charge in [-0.15, -0.1) is 0 Å². The summed E-state index contributed by atoms with van der Waals surface area (Å²) >= 11 is 0. The Balaban J connectivity index is 1.53. The van der Waals surface area contributed by atoms with Crippen molar-refractivity contribution in [3.05, 3.63) is 42.0 Å². The maximum atomic E-state index is 14.5. The molecular formula is C22H28F4O. The summed E-state index contributed by atoms with van der Waals surface area (Å²) in [5, 5.41) is 0. The maximum Gasteiger partial charge on any atom is 0.400 e. The lowest BCUT2D eigenvalue weighted by atomic mass is 9.71. The highest BCUT2D eigenvalue weighted by Crippen LogP contribution is 2.44. The molecule has 1 aromatic carbocycles. The largest absolute Gasteiger partial charge is 0.432 e. The van der Waals surface area contributed by atoms with Gasteiger partial charge in [0, 0.05) is 6.07 Å². The van der Waals surface area contributed by atoms with Crippen molar-refractivity contribution in [3.8, 4) is 5.75 Å². The minimum absolute atomic E-state index is 0.335. The van der Waals surface area contributed by atoms with E-state index in [1.807, 2.05) is 0 Å². The molecule has 0 spiro atoms. The fourth-order valence-electron chi connectivity index (χ4n) is 4.57. The van der Waals surface area contributed by atoms with Crippen LogP contribution in [0.5, 0.6) is 5.75 Å². The van der Waals surface area contributed by atoms with Crippen LogP contribution < -0.4 is 4.74 Å². The molecule has 0 aromatic heterocycles. The molecule has 0 radical (unpaired) electrons. The zero-order valence-corrected chi connectivity index (χ0v) is 15.8. The molecule has 0 bridgehead atoms. The fourth-order valence-corrected chi connectivity index (χ4v) is 4.57. The molecule has 1 aromatic rings. The van der Waals surface area contributed by atoms with E-state index < -0.39 is 23.7 Å². The average molecular weight is 384 g/mol. The van der Waals surface area contributed by atoms with Gasteiger partial charge in [0.2, 0.25) is 0 Å².